The molecule has 0 spiro atoms. The van der Waals surface area contributed by atoms with Crippen molar-refractivity contribution in [2.45, 2.75) is 39.2 Å². The van der Waals surface area contributed by atoms with Crippen LogP contribution in [0.4, 0.5) is 11.6 Å². The lowest BCUT2D eigenvalue weighted by Gasteiger charge is -2.17. The first-order valence-electron chi connectivity index (χ1n) is 8.18. The largest absolute Gasteiger partial charge is 0.447 e. The number of para-hydroxylation sites is 1. The highest BCUT2D eigenvalue weighted by molar-refractivity contribution is 5.97. The molecule has 2 unspecified atom stereocenters. The number of hydrogen-bond acceptors (Lipinski definition) is 6. The Labute approximate surface area is 150 Å². The van der Waals surface area contributed by atoms with Gasteiger partial charge in [-0.15, -0.1) is 0 Å². The minimum atomic E-state index is -1.10. The van der Waals surface area contributed by atoms with Crippen molar-refractivity contribution in [1.29, 1.82) is 0 Å². The maximum atomic E-state index is 12.3. The van der Waals surface area contributed by atoms with E-state index in [1.54, 1.807) is 12.1 Å². The number of carbonyl (C=O) groups is 2. The highest BCUT2D eigenvalue weighted by Gasteiger charge is 2.24. The van der Waals surface area contributed by atoms with Crippen molar-refractivity contribution in [3.05, 3.63) is 57.8 Å². The third kappa shape index (κ3) is 4.47. The number of nitrogens with zero attached hydrogens (tertiary/aromatic N) is 1. The van der Waals surface area contributed by atoms with E-state index in [-0.39, 0.29) is 11.7 Å². The molecular formula is C18H20N2O6. The van der Waals surface area contributed by atoms with Gasteiger partial charge in [0, 0.05) is 5.69 Å². The van der Waals surface area contributed by atoms with Gasteiger partial charge in [-0.2, -0.15) is 0 Å². The van der Waals surface area contributed by atoms with Crippen LogP contribution in [0.25, 0.3) is 0 Å². The van der Waals surface area contributed by atoms with Gasteiger partial charge in [-0.25, -0.2) is 4.79 Å². The number of furan rings is 1. The van der Waals surface area contributed by atoms with E-state index in [1.807, 2.05) is 12.1 Å². The Hall–Kier alpha value is -3.16. The Morgan fingerprint density at radius 1 is 1.23 bits per heavy atom. The molecular weight excluding hydrogens is 340 g/mol. The maximum Gasteiger partial charge on any atom is 0.433 e. The zero-order chi connectivity index (χ0) is 19.3. The zero-order valence-corrected chi connectivity index (χ0v) is 14.7. The summed E-state index contributed by atoms with van der Waals surface area (Å²) in [7, 11) is 0. The fourth-order valence-corrected chi connectivity index (χ4v) is 2.30. The maximum absolute atomic E-state index is 12.3. The summed E-state index contributed by atoms with van der Waals surface area (Å²) in [5, 5.41) is 13.3. The van der Waals surface area contributed by atoms with E-state index in [0.29, 0.717) is 5.69 Å². The van der Waals surface area contributed by atoms with Gasteiger partial charge in [0.05, 0.1) is 6.07 Å². The van der Waals surface area contributed by atoms with Crippen LogP contribution >= 0.6 is 0 Å². The van der Waals surface area contributed by atoms with Gasteiger partial charge < -0.3 is 14.5 Å². The molecule has 0 radical (unpaired) electrons. The van der Waals surface area contributed by atoms with E-state index in [1.165, 1.54) is 6.92 Å². The third-order valence-electron chi connectivity index (χ3n) is 3.99. The van der Waals surface area contributed by atoms with Crippen molar-refractivity contribution >= 4 is 23.4 Å². The Balaban J connectivity index is 2.03. The second-order valence-corrected chi connectivity index (χ2v) is 5.83. The molecule has 1 aromatic heterocycles. The van der Waals surface area contributed by atoms with Crippen LogP contribution in [0.15, 0.2) is 40.8 Å². The van der Waals surface area contributed by atoms with Crippen LogP contribution in [-0.2, 0) is 9.53 Å². The number of carbonyl (C=O) groups excluding carboxylic acids is 2. The molecule has 2 atom stereocenters. The summed E-state index contributed by atoms with van der Waals surface area (Å²) in [4.78, 5) is 34.1. The van der Waals surface area contributed by atoms with Crippen LogP contribution in [0, 0.1) is 10.1 Å². The lowest BCUT2D eigenvalue weighted by molar-refractivity contribution is -0.402. The minimum Gasteiger partial charge on any atom is -0.447 e. The number of nitrogens with one attached hydrogen (secondary N) is 1. The molecule has 0 aliphatic heterocycles. The third-order valence-corrected chi connectivity index (χ3v) is 3.99. The molecule has 0 saturated heterocycles. The molecule has 0 saturated carbocycles. The van der Waals surface area contributed by atoms with Gasteiger partial charge in [0.25, 0.3) is 5.91 Å². The quantitative estimate of drug-likeness (QED) is 0.455. The Kier molecular flexibility index (Phi) is 6.11. The summed E-state index contributed by atoms with van der Waals surface area (Å²) in [5.74, 6) is -2.10. The molecule has 1 amide bonds. The fourth-order valence-electron chi connectivity index (χ4n) is 2.30. The Bertz CT molecular complexity index is 814. The molecule has 2 rings (SSSR count). The highest BCUT2D eigenvalue weighted by atomic mass is 16.7. The normalized spacial score (nSPS) is 12.9. The smallest absolute Gasteiger partial charge is 0.433 e. The summed E-state index contributed by atoms with van der Waals surface area (Å²) < 4.78 is 9.79. The second kappa shape index (κ2) is 8.28. The topological polar surface area (TPSA) is 112 Å². The second-order valence-electron chi connectivity index (χ2n) is 5.83. The first-order chi connectivity index (χ1) is 12.3. The highest BCUT2D eigenvalue weighted by Crippen LogP contribution is 2.26. The zero-order valence-electron chi connectivity index (χ0n) is 14.7. The molecule has 8 heteroatoms. The molecule has 0 aliphatic carbocycles. The molecule has 8 nitrogen and oxygen atoms in total. The molecule has 1 N–H and O–H groups in total. The van der Waals surface area contributed by atoms with E-state index >= 15 is 0 Å². The molecule has 2 aromatic rings. The van der Waals surface area contributed by atoms with E-state index in [0.717, 1.165) is 24.1 Å². The standard InChI is InChI=1S/C18H20N2O6/c1-4-11(2)13-7-5-6-8-14(13)19-17(21)12(3)25-18(22)15-9-10-16(26-15)20(23)24/h5-12H,4H2,1-3H3,(H,19,21). The van der Waals surface area contributed by atoms with Gasteiger partial charge in [0.1, 0.15) is 4.92 Å². The van der Waals surface area contributed by atoms with Crippen LogP contribution in [0.2, 0.25) is 0 Å². The number of ether oxygens (including phenoxy) is 1. The molecule has 1 aromatic carbocycles. The van der Waals surface area contributed by atoms with Crippen LogP contribution in [0.5, 0.6) is 0 Å². The van der Waals surface area contributed by atoms with Crippen molar-refractivity contribution in [2.75, 3.05) is 5.32 Å². The first kappa shape index (κ1) is 19.2. The number of nitro groups is 1. The minimum absolute atomic E-state index is 0.257. The number of anilines is 1. The molecule has 26 heavy (non-hydrogen) atoms. The van der Waals surface area contributed by atoms with Crippen molar-refractivity contribution in [2.24, 2.45) is 0 Å². The molecule has 0 fully saturated rings. The lowest BCUT2D eigenvalue weighted by Crippen LogP contribution is -2.30. The summed E-state index contributed by atoms with van der Waals surface area (Å²) in [5.41, 5.74) is 1.65. The summed E-state index contributed by atoms with van der Waals surface area (Å²) in [6, 6.07) is 9.59. The van der Waals surface area contributed by atoms with Gasteiger partial charge >= 0.3 is 11.9 Å². The summed E-state index contributed by atoms with van der Waals surface area (Å²) in [6.45, 7) is 5.52. The van der Waals surface area contributed by atoms with E-state index in [4.69, 9.17) is 9.15 Å². The van der Waals surface area contributed by atoms with Gasteiger partial charge in [-0.3, -0.25) is 14.9 Å². The SMILES string of the molecule is CCC(C)c1ccccc1NC(=O)C(C)OC(=O)c1ccc([N+](=O)[O-])o1. The number of hydrogen-bond donors (Lipinski definition) is 1. The van der Waals surface area contributed by atoms with Crippen LogP contribution in [0.1, 0.15) is 49.2 Å². The average molecular weight is 360 g/mol. The van der Waals surface area contributed by atoms with Gasteiger partial charge in [-0.05, 0) is 37.0 Å². The van der Waals surface area contributed by atoms with Crippen molar-refractivity contribution in [1.82, 2.24) is 0 Å². The Morgan fingerprint density at radius 3 is 2.54 bits per heavy atom. The number of benzene rings is 1. The summed E-state index contributed by atoms with van der Waals surface area (Å²) in [6.07, 6.45) is -0.189. The number of esters is 1. The lowest BCUT2D eigenvalue weighted by atomic mass is 9.97. The van der Waals surface area contributed by atoms with E-state index < -0.39 is 28.8 Å². The number of amides is 1. The van der Waals surface area contributed by atoms with Crippen molar-refractivity contribution < 1.29 is 23.7 Å². The predicted octanol–water partition coefficient (Wildman–Crippen LogP) is 3.89. The van der Waals surface area contributed by atoms with Crippen LogP contribution in [-0.4, -0.2) is 22.9 Å². The van der Waals surface area contributed by atoms with Gasteiger partial charge in [-0.1, -0.05) is 32.0 Å². The number of rotatable bonds is 7. The monoisotopic (exact) mass is 360 g/mol. The fraction of sp³-hybridized carbons (Fsp3) is 0.333. The molecule has 138 valence electrons. The average Bonchev–Trinajstić information content (AvgIpc) is 3.12. The predicted molar refractivity (Wildman–Crippen MR) is 94.0 cm³/mol. The first-order valence-corrected chi connectivity index (χ1v) is 8.18. The summed E-state index contributed by atoms with van der Waals surface area (Å²) >= 11 is 0. The van der Waals surface area contributed by atoms with Crippen molar-refractivity contribution in [3.8, 4) is 0 Å². The van der Waals surface area contributed by atoms with Crippen LogP contribution < -0.4 is 5.32 Å². The van der Waals surface area contributed by atoms with Gasteiger partial charge in [0.2, 0.25) is 5.76 Å². The Morgan fingerprint density at radius 2 is 1.92 bits per heavy atom. The molecule has 0 bridgehead atoms. The van der Waals surface area contributed by atoms with Gasteiger partial charge in [0.15, 0.2) is 6.10 Å². The van der Waals surface area contributed by atoms with Crippen LogP contribution in [0.3, 0.4) is 0 Å². The molecule has 1 heterocycles. The van der Waals surface area contributed by atoms with Crippen molar-refractivity contribution in [3.63, 3.8) is 0 Å². The van der Waals surface area contributed by atoms with E-state index in [2.05, 4.69) is 19.2 Å². The van der Waals surface area contributed by atoms with E-state index in [9.17, 15) is 19.7 Å². The molecule has 0 aliphatic rings.